The summed E-state index contributed by atoms with van der Waals surface area (Å²) in [7, 11) is 0. The van der Waals surface area contributed by atoms with E-state index in [1.165, 1.54) is 5.56 Å². The minimum Gasteiger partial charge on any atom is -0.465 e. The third-order valence-corrected chi connectivity index (χ3v) is 2.75. The molecule has 1 heterocycles. The number of esters is 1. The highest BCUT2D eigenvalue weighted by Gasteiger charge is 2.06. The maximum Gasteiger partial charge on any atom is 0.319 e. The Bertz CT molecular complexity index is 285. The van der Waals surface area contributed by atoms with Crippen LogP contribution in [0.5, 0.6) is 0 Å². The Morgan fingerprint density at radius 3 is 3.07 bits per heavy atom. The minimum absolute atomic E-state index is 0.185. The summed E-state index contributed by atoms with van der Waals surface area (Å²) in [6, 6.07) is 2.40. The second-order valence-electron chi connectivity index (χ2n) is 3.42. The van der Waals surface area contributed by atoms with Crippen molar-refractivity contribution in [2.45, 2.75) is 26.3 Å². The molecule has 4 heteroatoms. The summed E-state index contributed by atoms with van der Waals surface area (Å²) in [6.07, 6.45) is 0.947. The second-order valence-corrected chi connectivity index (χ2v) is 4.20. The lowest BCUT2D eigenvalue weighted by molar-refractivity contribution is -0.142. The zero-order valence-corrected chi connectivity index (χ0v) is 9.97. The lowest BCUT2D eigenvalue weighted by Gasteiger charge is -2.12. The molecule has 0 radical (unpaired) electrons. The minimum atomic E-state index is -0.185. The molecule has 0 aliphatic heterocycles. The number of ether oxygens (including phenoxy) is 1. The molecule has 1 atom stereocenters. The van der Waals surface area contributed by atoms with Gasteiger partial charge in [0, 0.05) is 6.04 Å². The van der Waals surface area contributed by atoms with E-state index in [9.17, 15) is 4.79 Å². The van der Waals surface area contributed by atoms with Gasteiger partial charge in [-0.2, -0.15) is 11.3 Å². The van der Waals surface area contributed by atoms with E-state index in [0.29, 0.717) is 19.2 Å². The highest BCUT2D eigenvalue weighted by Crippen LogP contribution is 2.08. The molecule has 0 bridgehead atoms. The van der Waals surface area contributed by atoms with Crippen molar-refractivity contribution in [2.75, 3.05) is 13.2 Å². The van der Waals surface area contributed by atoms with Crippen molar-refractivity contribution in [1.82, 2.24) is 5.32 Å². The van der Waals surface area contributed by atoms with E-state index in [1.54, 1.807) is 11.3 Å². The molecule has 0 saturated heterocycles. The molecular weight excluding hydrogens is 210 g/mol. The average molecular weight is 227 g/mol. The molecule has 1 aromatic heterocycles. The predicted octanol–water partition coefficient (Wildman–Crippen LogP) is 1.83. The van der Waals surface area contributed by atoms with Crippen LogP contribution in [0.25, 0.3) is 0 Å². The van der Waals surface area contributed by atoms with E-state index < -0.39 is 0 Å². The van der Waals surface area contributed by atoms with Gasteiger partial charge in [0.15, 0.2) is 0 Å². The first-order valence-electron chi connectivity index (χ1n) is 5.12. The van der Waals surface area contributed by atoms with Gasteiger partial charge in [-0.05, 0) is 42.7 Å². The number of rotatable bonds is 6. The van der Waals surface area contributed by atoms with Crippen LogP contribution in [0.4, 0.5) is 0 Å². The van der Waals surface area contributed by atoms with Gasteiger partial charge in [0.05, 0.1) is 13.2 Å². The second kappa shape index (κ2) is 6.58. The van der Waals surface area contributed by atoms with E-state index in [2.05, 4.69) is 29.1 Å². The van der Waals surface area contributed by atoms with E-state index in [4.69, 9.17) is 4.74 Å². The van der Waals surface area contributed by atoms with Crippen molar-refractivity contribution in [3.8, 4) is 0 Å². The maximum atomic E-state index is 11.1. The molecule has 0 aliphatic rings. The van der Waals surface area contributed by atoms with E-state index in [-0.39, 0.29) is 5.97 Å². The Balaban J connectivity index is 2.19. The standard InChI is InChI=1S/C11H17NO2S/c1-3-14-11(13)7-12-9(2)6-10-4-5-15-8-10/h4-5,8-9,12H,3,6-7H2,1-2H3. The highest BCUT2D eigenvalue weighted by molar-refractivity contribution is 7.07. The first kappa shape index (κ1) is 12.2. The number of hydrogen-bond acceptors (Lipinski definition) is 4. The summed E-state index contributed by atoms with van der Waals surface area (Å²) >= 11 is 1.69. The fraction of sp³-hybridized carbons (Fsp3) is 0.545. The van der Waals surface area contributed by atoms with E-state index in [1.807, 2.05) is 6.92 Å². The SMILES string of the molecule is CCOC(=O)CNC(C)Cc1ccsc1. The molecule has 15 heavy (non-hydrogen) atoms. The molecule has 1 aromatic rings. The van der Waals surface area contributed by atoms with Crippen molar-refractivity contribution in [3.63, 3.8) is 0 Å². The first-order valence-corrected chi connectivity index (χ1v) is 6.06. The van der Waals surface area contributed by atoms with Crippen LogP contribution in [-0.2, 0) is 16.0 Å². The highest BCUT2D eigenvalue weighted by atomic mass is 32.1. The Morgan fingerprint density at radius 1 is 1.67 bits per heavy atom. The lowest BCUT2D eigenvalue weighted by Crippen LogP contribution is -2.33. The average Bonchev–Trinajstić information content (AvgIpc) is 2.68. The number of nitrogens with one attached hydrogen (secondary N) is 1. The third kappa shape index (κ3) is 4.95. The molecule has 84 valence electrons. The van der Waals surface area contributed by atoms with Crippen LogP contribution in [0.2, 0.25) is 0 Å². The zero-order valence-electron chi connectivity index (χ0n) is 9.16. The molecule has 0 amide bonds. The van der Waals surface area contributed by atoms with Crippen LogP contribution in [0.15, 0.2) is 16.8 Å². The third-order valence-electron chi connectivity index (χ3n) is 2.02. The lowest BCUT2D eigenvalue weighted by atomic mass is 10.1. The van der Waals surface area contributed by atoms with Gasteiger partial charge in [0.2, 0.25) is 0 Å². The topological polar surface area (TPSA) is 38.3 Å². The van der Waals surface area contributed by atoms with Crippen LogP contribution in [-0.4, -0.2) is 25.2 Å². The monoisotopic (exact) mass is 227 g/mol. The van der Waals surface area contributed by atoms with Crippen LogP contribution in [0, 0.1) is 0 Å². The van der Waals surface area contributed by atoms with Gasteiger partial charge in [0.1, 0.15) is 0 Å². The normalized spacial score (nSPS) is 12.4. The molecule has 1 N–H and O–H groups in total. The van der Waals surface area contributed by atoms with Gasteiger partial charge in [0.25, 0.3) is 0 Å². The Hall–Kier alpha value is -0.870. The van der Waals surface area contributed by atoms with Gasteiger partial charge in [-0.15, -0.1) is 0 Å². The number of hydrogen-bond donors (Lipinski definition) is 1. The molecule has 0 aliphatic carbocycles. The van der Waals surface area contributed by atoms with E-state index >= 15 is 0 Å². The van der Waals surface area contributed by atoms with Gasteiger partial charge in [-0.1, -0.05) is 0 Å². The van der Waals surface area contributed by atoms with Gasteiger partial charge in [-0.25, -0.2) is 0 Å². The maximum absolute atomic E-state index is 11.1. The quantitative estimate of drug-likeness (QED) is 0.754. The van der Waals surface area contributed by atoms with Crippen LogP contribution in [0.3, 0.4) is 0 Å². The molecule has 0 spiro atoms. The van der Waals surface area contributed by atoms with Crippen molar-refractivity contribution >= 4 is 17.3 Å². The molecule has 0 fully saturated rings. The van der Waals surface area contributed by atoms with Gasteiger partial charge in [-0.3, -0.25) is 4.79 Å². The van der Waals surface area contributed by atoms with Crippen molar-refractivity contribution < 1.29 is 9.53 Å². The Morgan fingerprint density at radius 2 is 2.47 bits per heavy atom. The van der Waals surface area contributed by atoms with Crippen LogP contribution >= 0.6 is 11.3 Å². The van der Waals surface area contributed by atoms with Crippen molar-refractivity contribution in [3.05, 3.63) is 22.4 Å². The number of carbonyl (C=O) groups excluding carboxylic acids is 1. The summed E-state index contributed by atoms with van der Waals surface area (Å²) in [6.45, 7) is 4.61. The van der Waals surface area contributed by atoms with Crippen LogP contribution in [0.1, 0.15) is 19.4 Å². The van der Waals surface area contributed by atoms with Gasteiger partial charge >= 0.3 is 5.97 Å². The molecule has 3 nitrogen and oxygen atoms in total. The summed E-state index contributed by atoms with van der Waals surface area (Å²) in [4.78, 5) is 11.1. The largest absolute Gasteiger partial charge is 0.465 e. The van der Waals surface area contributed by atoms with Crippen molar-refractivity contribution in [1.29, 1.82) is 0 Å². The fourth-order valence-electron chi connectivity index (χ4n) is 1.30. The smallest absolute Gasteiger partial charge is 0.319 e. The Kier molecular flexibility index (Phi) is 5.36. The molecular formula is C11H17NO2S. The predicted molar refractivity (Wildman–Crippen MR) is 62.1 cm³/mol. The van der Waals surface area contributed by atoms with Crippen molar-refractivity contribution in [2.24, 2.45) is 0 Å². The molecule has 1 rings (SSSR count). The Labute approximate surface area is 94.5 Å². The molecule has 0 saturated carbocycles. The summed E-state index contributed by atoms with van der Waals surface area (Å²) < 4.78 is 4.83. The zero-order chi connectivity index (χ0) is 11.1. The van der Waals surface area contributed by atoms with E-state index in [0.717, 1.165) is 6.42 Å². The molecule has 1 unspecified atom stereocenters. The fourth-order valence-corrected chi connectivity index (χ4v) is 1.99. The summed E-state index contributed by atoms with van der Waals surface area (Å²) in [5, 5.41) is 7.33. The first-order chi connectivity index (χ1) is 7.22. The van der Waals surface area contributed by atoms with Crippen LogP contribution < -0.4 is 5.32 Å². The van der Waals surface area contributed by atoms with Gasteiger partial charge < -0.3 is 10.1 Å². The summed E-state index contributed by atoms with van der Waals surface area (Å²) in [5.41, 5.74) is 1.31. The number of carbonyl (C=O) groups is 1. The number of thiophene rings is 1. The summed E-state index contributed by atoms with van der Waals surface area (Å²) in [5.74, 6) is -0.185. The molecule has 0 aromatic carbocycles.